The van der Waals surface area contributed by atoms with Gasteiger partial charge in [0.15, 0.2) is 0 Å². The average Bonchev–Trinajstić information content (AvgIpc) is 4.00. The lowest BCUT2D eigenvalue weighted by molar-refractivity contribution is 0.776. The molecular formula is C63H40N2. The number of benzene rings is 11. The van der Waals surface area contributed by atoms with E-state index in [0.717, 1.165) is 0 Å². The van der Waals surface area contributed by atoms with E-state index in [1.165, 1.54) is 121 Å². The second-order valence-corrected chi connectivity index (χ2v) is 17.6. The normalized spacial score (nSPS) is 13.0. The third kappa shape index (κ3) is 4.99. The standard InChI is InChI=1S/C63H40N2/c1-3-21-45(22-4-1)63(46-23-5-2-6-24-46)54-29-13-11-27-49(54)51-35-38-60-61(62(51)63)53-40-44(34-37-59(53)65(60)56-32-16-20-42-18-8-10-26-48(42)56)43-33-36-58-52(39-43)50-28-12-14-30-57(50)64(58)55-31-15-19-41-17-7-9-25-47(41)55/h1-40H. The van der Waals surface area contributed by atoms with Crippen LogP contribution in [0, 0.1) is 0 Å². The molecule has 65 heavy (non-hydrogen) atoms. The highest BCUT2D eigenvalue weighted by Crippen LogP contribution is 2.59. The Labute approximate surface area is 376 Å². The van der Waals surface area contributed by atoms with Crippen molar-refractivity contribution in [3.8, 4) is 33.6 Å². The van der Waals surface area contributed by atoms with Crippen LogP contribution in [-0.4, -0.2) is 9.13 Å². The van der Waals surface area contributed by atoms with Crippen LogP contribution in [-0.2, 0) is 5.41 Å². The smallest absolute Gasteiger partial charge is 0.0720 e. The molecule has 11 aromatic carbocycles. The van der Waals surface area contributed by atoms with Crippen LogP contribution in [0.15, 0.2) is 243 Å². The molecule has 1 aliphatic carbocycles. The van der Waals surface area contributed by atoms with Crippen LogP contribution in [0.4, 0.5) is 0 Å². The van der Waals surface area contributed by atoms with E-state index in [0.29, 0.717) is 0 Å². The van der Waals surface area contributed by atoms with Gasteiger partial charge in [-0.2, -0.15) is 0 Å². The van der Waals surface area contributed by atoms with Gasteiger partial charge in [-0.05, 0) is 104 Å². The first kappa shape index (κ1) is 36.1. The summed E-state index contributed by atoms with van der Waals surface area (Å²) >= 11 is 0. The molecule has 2 heteroatoms. The summed E-state index contributed by atoms with van der Waals surface area (Å²) in [7, 11) is 0. The van der Waals surface area contributed by atoms with E-state index < -0.39 is 5.41 Å². The van der Waals surface area contributed by atoms with Crippen molar-refractivity contribution >= 4 is 65.2 Å². The zero-order chi connectivity index (χ0) is 42.6. The molecule has 2 heterocycles. The molecular weight excluding hydrogens is 785 g/mol. The van der Waals surface area contributed by atoms with E-state index in [9.17, 15) is 0 Å². The lowest BCUT2D eigenvalue weighted by Gasteiger charge is -2.34. The van der Waals surface area contributed by atoms with Crippen molar-refractivity contribution < 1.29 is 0 Å². The molecule has 2 aromatic heterocycles. The van der Waals surface area contributed by atoms with Gasteiger partial charge >= 0.3 is 0 Å². The molecule has 0 bridgehead atoms. The summed E-state index contributed by atoms with van der Waals surface area (Å²) in [4.78, 5) is 0. The van der Waals surface area contributed by atoms with Crippen molar-refractivity contribution in [1.29, 1.82) is 0 Å². The van der Waals surface area contributed by atoms with E-state index in [1.54, 1.807) is 0 Å². The highest BCUT2D eigenvalue weighted by atomic mass is 15.0. The number of para-hydroxylation sites is 1. The fourth-order valence-corrected chi connectivity index (χ4v) is 11.7. The van der Waals surface area contributed by atoms with Crippen LogP contribution in [0.5, 0.6) is 0 Å². The van der Waals surface area contributed by atoms with Crippen LogP contribution in [0.1, 0.15) is 22.3 Å². The summed E-state index contributed by atoms with van der Waals surface area (Å²) in [6.07, 6.45) is 0. The number of hydrogen-bond donors (Lipinski definition) is 0. The minimum absolute atomic E-state index is 0.565. The molecule has 0 unspecified atom stereocenters. The zero-order valence-corrected chi connectivity index (χ0v) is 35.5. The first-order chi connectivity index (χ1) is 32.3. The van der Waals surface area contributed by atoms with Crippen molar-refractivity contribution in [3.63, 3.8) is 0 Å². The Morgan fingerprint density at radius 1 is 0.292 bits per heavy atom. The maximum atomic E-state index is 2.53. The van der Waals surface area contributed by atoms with Crippen molar-refractivity contribution in [3.05, 3.63) is 265 Å². The largest absolute Gasteiger partial charge is 0.309 e. The van der Waals surface area contributed by atoms with Gasteiger partial charge in [0, 0.05) is 32.3 Å². The SMILES string of the molecule is c1ccc(C2(c3ccccc3)c3ccccc3-c3ccc4c(c32)c2cc(-c3ccc5c(c3)c3ccccc3n5-c3cccc5ccccc35)ccc2n4-c2cccc3ccccc23)cc1. The molecule has 13 aromatic rings. The average molecular weight is 825 g/mol. The highest BCUT2D eigenvalue weighted by Gasteiger charge is 2.47. The van der Waals surface area contributed by atoms with Crippen LogP contribution in [0.3, 0.4) is 0 Å². The van der Waals surface area contributed by atoms with Gasteiger partial charge in [-0.1, -0.05) is 194 Å². The fourth-order valence-electron chi connectivity index (χ4n) is 11.7. The van der Waals surface area contributed by atoms with E-state index in [-0.39, 0.29) is 0 Å². The molecule has 2 nitrogen and oxygen atoms in total. The number of rotatable bonds is 5. The van der Waals surface area contributed by atoms with E-state index in [4.69, 9.17) is 0 Å². The van der Waals surface area contributed by atoms with Crippen LogP contribution in [0.25, 0.3) is 98.8 Å². The second kappa shape index (κ2) is 13.8. The summed E-state index contributed by atoms with van der Waals surface area (Å²) in [5.41, 5.74) is 16.7. The van der Waals surface area contributed by atoms with Crippen molar-refractivity contribution in [2.24, 2.45) is 0 Å². The second-order valence-electron chi connectivity index (χ2n) is 17.6. The lowest BCUT2D eigenvalue weighted by atomic mass is 9.67. The van der Waals surface area contributed by atoms with Gasteiger partial charge in [0.25, 0.3) is 0 Å². The summed E-state index contributed by atoms with van der Waals surface area (Å²) in [6, 6.07) is 90.3. The number of aromatic nitrogens is 2. The van der Waals surface area contributed by atoms with Gasteiger partial charge in [-0.25, -0.2) is 0 Å². The maximum absolute atomic E-state index is 2.53. The molecule has 0 radical (unpaired) electrons. The quantitative estimate of drug-likeness (QED) is 0.164. The summed E-state index contributed by atoms with van der Waals surface area (Å²) in [5, 5.41) is 9.95. The van der Waals surface area contributed by atoms with Crippen LogP contribution < -0.4 is 0 Å². The predicted octanol–water partition coefficient (Wildman–Crippen LogP) is 16.2. The molecule has 302 valence electrons. The summed E-state index contributed by atoms with van der Waals surface area (Å²) in [5.74, 6) is 0. The third-order valence-corrected chi connectivity index (χ3v) is 14.4. The first-order valence-electron chi connectivity index (χ1n) is 22.6. The molecule has 0 spiro atoms. The highest BCUT2D eigenvalue weighted by molar-refractivity contribution is 6.17. The Bertz CT molecular complexity index is 4010. The van der Waals surface area contributed by atoms with E-state index >= 15 is 0 Å². The van der Waals surface area contributed by atoms with Gasteiger partial charge in [-0.15, -0.1) is 0 Å². The van der Waals surface area contributed by atoms with Crippen molar-refractivity contribution in [2.75, 3.05) is 0 Å². The Balaban J connectivity index is 1.10. The van der Waals surface area contributed by atoms with E-state index in [2.05, 4.69) is 252 Å². The maximum Gasteiger partial charge on any atom is 0.0720 e. The summed E-state index contributed by atoms with van der Waals surface area (Å²) in [6.45, 7) is 0. The number of nitrogens with zero attached hydrogens (tertiary/aromatic N) is 2. The third-order valence-electron chi connectivity index (χ3n) is 14.4. The Kier molecular flexibility index (Phi) is 7.64. The van der Waals surface area contributed by atoms with Gasteiger partial charge < -0.3 is 9.13 Å². The molecule has 1 aliphatic rings. The molecule has 0 atom stereocenters. The number of fused-ring (bicyclic) bond motifs is 12. The Morgan fingerprint density at radius 2 is 0.769 bits per heavy atom. The molecule has 0 amide bonds. The van der Waals surface area contributed by atoms with Gasteiger partial charge in [0.05, 0.1) is 38.9 Å². The molecule has 0 fully saturated rings. The van der Waals surface area contributed by atoms with Gasteiger partial charge in [0.1, 0.15) is 0 Å². The monoisotopic (exact) mass is 824 g/mol. The van der Waals surface area contributed by atoms with E-state index in [1.807, 2.05) is 0 Å². The lowest BCUT2D eigenvalue weighted by Crippen LogP contribution is -2.28. The Hall–Kier alpha value is -8.46. The molecule has 14 rings (SSSR count). The van der Waals surface area contributed by atoms with Gasteiger partial charge in [0.2, 0.25) is 0 Å². The molecule has 0 saturated heterocycles. The van der Waals surface area contributed by atoms with Gasteiger partial charge in [-0.3, -0.25) is 0 Å². The first-order valence-corrected chi connectivity index (χ1v) is 22.6. The minimum Gasteiger partial charge on any atom is -0.309 e. The molecule has 0 N–H and O–H groups in total. The summed E-state index contributed by atoms with van der Waals surface area (Å²) < 4.78 is 4.98. The van der Waals surface area contributed by atoms with Crippen LogP contribution in [0.2, 0.25) is 0 Å². The van der Waals surface area contributed by atoms with Crippen molar-refractivity contribution in [1.82, 2.24) is 9.13 Å². The van der Waals surface area contributed by atoms with Crippen LogP contribution >= 0.6 is 0 Å². The minimum atomic E-state index is -0.565. The molecule has 0 saturated carbocycles. The predicted molar refractivity (Wildman–Crippen MR) is 273 cm³/mol. The topological polar surface area (TPSA) is 9.86 Å². The molecule has 0 aliphatic heterocycles. The fraction of sp³-hybridized carbons (Fsp3) is 0.0159. The van der Waals surface area contributed by atoms with Crippen molar-refractivity contribution in [2.45, 2.75) is 5.41 Å². The Morgan fingerprint density at radius 3 is 1.43 bits per heavy atom. The number of hydrogen-bond acceptors (Lipinski definition) is 0. The zero-order valence-electron chi connectivity index (χ0n) is 35.5.